The lowest BCUT2D eigenvalue weighted by Crippen LogP contribution is -2.44. The molecule has 1 N–H and O–H groups in total. The van der Waals surface area contributed by atoms with Crippen LogP contribution < -0.4 is 5.32 Å². The van der Waals surface area contributed by atoms with Crippen LogP contribution in [0.3, 0.4) is 0 Å². The molecule has 4 nitrogen and oxygen atoms in total. The van der Waals surface area contributed by atoms with E-state index in [4.69, 9.17) is 0 Å². The highest BCUT2D eigenvalue weighted by atomic mass is 15.2. The Balaban J connectivity index is 0.000000145. The molecular formula is C38H56N4. The van der Waals surface area contributed by atoms with Crippen molar-refractivity contribution in [1.29, 1.82) is 0 Å². The van der Waals surface area contributed by atoms with Crippen LogP contribution in [0.2, 0.25) is 0 Å². The fourth-order valence-corrected chi connectivity index (χ4v) is 5.89. The van der Waals surface area contributed by atoms with Crippen molar-refractivity contribution >= 4 is 5.69 Å². The van der Waals surface area contributed by atoms with Gasteiger partial charge >= 0.3 is 0 Å². The molecule has 0 saturated heterocycles. The van der Waals surface area contributed by atoms with Gasteiger partial charge in [-0.25, -0.2) is 0 Å². The zero-order chi connectivity index (χ0) is 30.5. The lowest BCUT2D eigenvalue weighted by atomic mass is 9.95. The van der Waals surface area contributed by atoms with Crippen LogP contribution in [0.4, 0.5) is 5.69 Å². The molecule has 4 heteroatoms. The second-order valence-electron chi connectivity index (χ2n) is 15.1. The van der Waals surface area contributed by atoms with Gasteiger partial charge in [-0.05, 0) is 103 Å². The van der Waals surface area contributed by atoms with Gasteiger partial charge in [-0.1, -0.05) is 66.7 Å². The summed E-state index contributed by atoms with van der Waals surface area (Å²) in [6, 6.07) is 26.1. The predicted octanol–water partition coefficient (Wildman–Crippen LogP) is 8.36. The molecule has 0 bridgehead atoms. The third-order valence-electron chi connectivity index (χ3n) is 8.89. The Morgan fingerprint density at radius 3 is 1.36 bits per heavy atom. The number of hydrogen-bond acceptors (Lipinski definition) is 4. The molecule has 3 heterocycles. The smallest absolute Gasteiger partial charge is 0.0386 e. The molecule has 3 aliphatic rings. The van der Waals surface area contributed by atoms with Gasteiger partial charge in [0.15, 0.2) is 0 Å². The van der Waals surface area contributed by atoms with E-state index >= 15 is 0 Å². The molecule has 0 saturated carbocycles. The summed E-state index contributed by atoms with van der Waals surface area (Å²) in [4.78, 5) is 7.58. The third kappa shape index (κ3) is 8.69. The van der Waals surface area contributed by atoms with Crippen LogP contribution in [0.15, 0.2) is 72.8 Å². The minimum atomic E-state index is 0.249. The molecule has 6 rings (SSSR count). The van der Waals surface area contributed by atoms with Crippen molar-refractivity contribution in [3.8, 4) is 0 Å². The molecule has 0 aromatic heterocycles. The number of fused-ring (bicyclic) bond motifs is 3. The van der Waals surface area contributed by atoms with Crippen molar-refractivity contribution in [1.82, 2.24) is 14.7 Å². The van der Waals surface area contributed by atoms with Crippen LogP contribution in [0.25, 0.3) is 0 Å². The molecule has 0 radical (unpaired) electrons. The Morgan fingerprint density at radius 1 is 0.452 bits per heavy atom. The molecule has 0 atom stereocenters. The van der Waals surface area contributed by atoms with Crippen LogP contribution in [0, 0.1) is 0 Å². The first-order valence-electron chi connectivity index (χ1n) is 15.9. The van der Waals surface area contributed by atoms with Gasteiger partial charge in [0.1, 0.15) is 0 Å². The molecule has 3 aliphatic heterocycles. The fraction of sp³-hybridized carbons (Fsp3) is 0.526. The summed E-state index contributed by atoms with van der Waals surface area (Å²) in [5.74, 6) is 0. The summed E-state index contributed by atoms with van der Waals surface area (Å²) in [5, 5.41) is 3.49. The van der Waals surface area contributed by atoms with Crippen LogP contribution in [-0.4, -0.2) is 51.0 Å². The molecule has 228 valence electrons. The van der Waals surface area contributed by atoms with Gasteiger partial charge in [-0.2, -0.15) is 0 Å². The Bertz CT molecular complexity index is 1270. The van der Waals surface area contributed by atoms with Crippen molar-refractivity contribution in [2.45, 2.75) is 112 Å². The van der Waals surface area contributed by atoms with Crippen molar-refractivity contribution in [2.75, 3.05) is 25.0 Å². The van der Waals surface area contributed by atoms with Gasteiger partial charge in [0.25, 0.3) is 0 Å². The maximum Gasteiger partial charge on any atom is 0.0386 e. The number of nitrogens with one attached hydrogen (secondary N) is 1. The Labute approximate surface area is 257 Å². The van der Waals surface area contributed by atoms with E-state index in [1.807, 2.05) is 0 Å². The molecule has 0 aliphatic carbocycles. The zero-order valence-electron chi connectivity index (χ0n) is 27.9. The summed E-state index contributed by atoms with van der Waals surface area (Å²) in [6.07, 6.45) is 1.20. The minimum absolute atomic E-state index is 0.249. The second kappa shape index (κ2) is 13.3. The highest BCUT2D eigenvalue weighted by Crippen LogP contribution is 2.29. The normalized spacial score (nSPS) is 17.7. The molecule has 0 fully saturated rings. The Morgan fingerprint density at radius 2 is 0.833 bits per heavy atom. The SMILES string of the molecule is CC(C)(C)N1CCNc2ccccc2C1.CC(C)(C)N1CCc2ccccc2C1.CC(C)(C)N1Cc2ccccc2C1. The third-order valence-corrected chi connectivity index (χ3v) is 8.89. The first kappa shape index (κ1) is 32.3. The van der Waals surface area contributed by atoms with Crippen molar-refractivity contribution in [2.24, 2.45) is 0 Å². The highest BCUT2D eigenvalue weighted by molar-refractivity contribution is 5.51. The molecule has 0 amide bonds. The van der Waals surface area contributed by atoms with Crippen LogP contribution in [0.5, 0.6) is 0 Å². The van der Waals surface area contributed by atoms with Crippen molar-refractivity contribution < 1.29 is 0 Å². The number of anilines is 1. The Hall–Kier alpha value is -2.66. The maximum atomic E-state index is 3.49. The number of rotatable bonds is 0. The van der Waals surface area contributed by atoms with E-state index in [1.165, 1.54) is 46.5 Å². The molecule has 3 aromatic carbocycles. The topological polar surface area (TPSA) is 21.8 Å². The maximum absolute atomic E-state index is 3.49. The van der Waals surface area contributed by atoms with Gasteiger partial charge in [-0.3, -0.25) is 14.7 Å². The summed E-state index contributed by atoms with van der Waals surface area (Å²) in [5.41, 5.74) is 9.58. The van der Waals surface area contributed by atoms with E-state index in [1.54, 1.807) is 0 Å². The summed E-state index contributed by atoms with van der Waals surface area (Å²) in [6.45, 7) is 28.3. The van der Waals surface area contributed by atoms with E-state index in [-0.39, 0.29) is 5.54 Å². The predicted molar refractivity (Wildman–Crippen MR) is 181 cm³/mol. The van der Waals surface area contributed by atoms with E-state index in [0.29, 0.717) is 11.1 Å². The van der Waals surface area contributed by atoms with Crippen molar-refractivity contribution in [3.05, 3.63) is 101 Å². The average Bonchev–Trinajstić information content (AvgIpc) is 3.26. The fourth-order valence-electron chi connectivity index (χ4n) is 5.89. The number of nitrogens with zero attached hydrogens (tertiary/aromatic N) is 3. The van der Waals surface area contributed by atoms with Gasteiger partial charge < -0.3 is 5.32 Å². The van der Waals surface area contributed by atoms with E-state index in [2.05, 4.69) is 155 Å². The zero-order valence-corrected chi connectivity index (χ0v) is 27.9. The summed E-state index contributed by atoms with van der Waals surface area (Å²) < 4.78 is 0. The first-order valence-corrected chi connectivity index (χ1v) is 15.9. The Kier molecular flexibility index (Phi) is 10.2. The van der Waals surface area contributed by atoms with Crippen molar-refractivity contribution in [3.63, 3.8) is 0 Å². The number of para-hydroxylation sites is 1. The first-order chi connectivity index (χ1) is 19.7. The summed E-state index contributed by atoms with van der Waals surface area (Å²) in [7, 11) is 0. The molecule has 42 heavy (non-hydrogen) atoms. The standard InChI is InChI=1S/C13H20N2.C13H19N.C12H17N/c1-13(2,3)15-9-8-14-12-7-5-4-6-11(12)10-15;1-13(2,3)14-9-8-11-6-4-5-7-12(11)10-14;1-12(2,3)13-8-10-6-4-5-7-11(10)9-13/h4-7,14H,8-10H2,1-3H3;4-7H,8-10H2,1-3H3;4-7H,8-9H2,1-3H3. The summed E-state index contributed by atoms with van der Waals surface area (Å²) >= 11 is 0. The lowest BCUT2D eigenvalue weighted by Gasteiger charge is -2.39. The van der Waals surface area contributed by atoms with Gasteiger partial charge in [0, 0.05) is 68.1 Å². The largest absolute Gasteiger partial charge is 0.383 e. The number of hydrogen-bond donors (Lipinski definition) is 1. The monoisotopic (exact) mass is 568 g/mol. The quantitative estimate of drug-likeness (QED) is 0.294. The molecule has 0 unspecified atom stereocenters. The van der Waals surface area contributed by atoms with Gasteiger partial charge in [-0.15, -0.1) is 0 Å². The highest BCUT2D eigenvalue weighted by Gasteiger charge is 2.28. The van der Waals surface area contributed by atoms with Crippen LogP contribution >= 0.6 is 0 Å². The van der Waals surface area contributed by atoms with E-state index < -0.39 is 0 Å². The second-order valence-corrected chi connectivity index (χ2v) is 15.1. The van der Waals surface area contributed by atoms with Crippen LogP contribution in [-0.2, 0) is 32.6 Å². The van der Waals surface area contributed by atoms with Gasteiger partial charge in [0.2, 0.25) is 0 Å². The molecule has 3 aromatic rings. The minimum Gasteiger partial charge on any atom is -0.383 e. The lowest BCUT2D eigenvalue weighted by molar-refractivity contribution is 0.121. The molecular weight excluding hydrogens is 512 g/mol. The van der Waals surface area contributed by atoms with Crippen LogP contribution in [0.1, 0.15) is 90.1 Å². The number of benzene rings is 3. The van der Waals surface area contributed by atoms with E-state index in [9.17, 15) is 0 Å². The average molecular weight is 569 g/mol. The molecule has 0 spiro atoms. The van der Waals surface area contributed by atoms with E-state index in [0.717, 1.165) is 39.3 Å². The van der Waals surface area contributed by atoms with Gasteiger partial charge in [0.05, 0.1) is 0 Å².